The van der Waals surface area contributed by atoms with Gasteiger partial charge in [0.25, 0.3) is 0 Å². The van der Waals surface area contributed by atoms with E-state index < -0.39 is 24.3 Å². The molecular formula is C22H32O5. The van der Waals surface area contributed by atoms with E-state index in [1.807, 2.05) is 0 Å². The van der Waals surface area contributed by atoms with Crippen LogP contribution in [0.1, 0.15) is 66.7 Å². The minimum Gasteiger partial charge on any atom is -0.457 e. The molecule has 1 heterocycles. The molecule has 0 bridgehead atoms. The Morgan fingerprint density at radius 2 is 2.07 bits per heavy atom. The second kappa shape index (κ2) is 7.08. The molecule has 1 aliphatic heterocycles. The molecule has 1 unspecified atom stereocenters. The fraction of sp³-hybridized carbons (Fsp3) is 0.727. The maximum atomic E-state index is 12.1. The maximum absolute atomic E-state index is 12.1. The summed E-state index contributed by atoms with van der Waals surface area (Å²) in [5.41, 5.74) is 1.92. The molecule has 1 N–H and O–H groups in total. The van der Waals surface area contributed by atoms with E-state index in [-0.39, 0.29) is 22.3 Å². The molecule has 3 rings (SSSR count). The van der Waals surface area contributed by atoms with E-state index in [9.17, 15) is 14.7 Å². The number of ether oxygens (including phenoxy) is 2. The van der Waals surface area contributed by atoms with Crippen molar-refractivity contribution in [3.05, 3.63) is 23.3 Å². The monoisotopic (exact) mass is 376 g/mol. The molecular weight excluding hydrogens is 344 g/mol. The Morgan fingerprint density at radius 1 is 1.37 bits per heavy atom. The summed E-state index contributed by atoms with van der Waals surface area (Å²) in [6.07, 6.45) is 6.90. The minimum absolute atomic E-state index is 0.0979. The highest BCUT2D eigenvalue weighted by Crippen LogP contribution is 2.60. The lowest BCUT2D eigenvalue weighted by atomic mass is 9.48. The van der Waals surface area contributed by atoms with Crippen molar-refractivity contribution < 1.29 is 24.2 Å². The second-order valence-corrected chi connectivity index (χ2v) is 9.39. The molecule has 5 heteroatoms. The SMILES string of the molecule is CC(=O)O[C@@H](C[C@H]1C(C)=CC[C@H]2C(C)(C)CCC[C@]12C)C1=CC(O)OC1=O. The molecule has 5 nitrogen and oxygen atoms in total. The third-order valence-electron chi connectivity index (χ3n) is 7.19. The van der Waals surface area contributed by atoms with Gasteiger partial charge in [0, 0.05) is 6.92 Å². The molecule has 3 aliphatic rings. The molecule has 150 valence electrons. The molecule has 0 aromatic heterocycles. The number of rotatable bonds is 4. The van der Waals surface area contributed by atoms with Crippen LogP contribution in [-0.4, -0.2) is 29.4 Å². The average Bonchev–Trinajstić information content (AvgIpc) is 2.87. The van der Waals surface area contributed by atoms with Gasteiger partial charge < -0.3 is 14.6 Å². The predicted molar refractivity (Wildman–Crippen MR) is 101 cm³/mol. The fourth-order valence-corrected chi connectivity index (χ4v) is 5.92. The van der Waals surface area contributed by atoms with Gasteiger partial charge in [-0.1, -0.05) is 38.8 Å². The lowest BCUT2D eigenvalue weighted by molar-refractivity contribution is -0.154. The smallest absolute Gasteiger partial charge is 0.340 e. The third kappa shape index (κ3) is 3.71. The number of fused-ring (bicyclic) bond motifs is 1. The minimum atomic E-state index is -1.26. The van der Waals surface area contributed by atoms with E-state index in [4.69, 9.17) is 9.47 Å². The zero-order valence-electron chi connectivity index (χ0n) is 17.1. The van der Waals surface area contributed by atoms with Gasteiger partial charge >= 0.3 is 11.9 Å². The van der Waals surface area contributed by atoms with Crippen LogP contribution >= 0.6 is 0 Å². The number of esters is 2. The first-order valence-corrected chi connectivity index (χ1v) is 9.99. The van der Waals surface area contributed by atoms with E-state index in [0.29, 0.717) is 12.3 Å². The van der Waals surface area contributed by atoms with E-state index in [1.54, 1.807) is 0 Å². The van der Waals surface area contributed by atoms with Crippen LogP contribution in [0.5, 0.6) is 0 Å². The van der Waals surface area contributed by atoms with Gasteiger partial charge in [-0.25, -0.2) is 4.79 Å². The number of aliphatic hydroxyl groups is 1. The standard InChI is InChI=1S/C22H32O5/c1-13-7-8-18-21(3,4)9-6-10-22(18,5)16(13)12-17(26-14(2)23)15-11-19(24)27-20(15)25/h7,11,16-19,24H,6,8-10,12H2,1-5H3/t16-,17-,18-,19?,22+/m0/s1. The van der Waals surface area contributed by atoms with Gasteiger partial charge in [-0.3, -0.25) is 4.79 Å². The summed E-state index contributed by atoms with van der Waals surface area (Å²) >= 11 is 0. The largest absolute Gasteiger partial charge is 0.457 e. The molecule has 0 radical (unpaired) electrons. The maximum Gasteiger partial charge on any atom is 0.340 e. The zero-order valence-corrected chi connectivity index (χ0v) is 17.1. The van der Waals surface area contributed by atoms with E-state index in [2.05, 4.69) is 33.8 Å². The van der Waals surface area contributed by atoms with Crippen LogP contribution in [-0.2, 0) is 19.1 Å². The van der Waals surface area contributed by atoms with Crippen molar-refractivity contribution in [2.45, 2.75) is 79.1 Å². The summed E-state index contributed by atoms with van der Waals surface area (Å²) in [6, 6.07) is 0. The Kier molecular flexibility index (Phi) is 5.28. The molecule has 0 aromatic rings. The van der Waals surface area contributed by atoms with Gasteiger partial charge in [-0.15, -0.1) is 0 Å². The van der Waals surface area contributed by atoms with Crippen LogP contribution in [0.2, 0.25) is 0 Å². The van der Waals surface area contributed by atoms with Gasteiger partial charge in [-0.05, 0) is 61.3 Å². The van der Waals surface area contributed by atoms with Crippen LogP contribution in [0.15, 0.2) is 23.3 Å². The van der Waals surface area contributed by atoms with Crippen LogP contribution in [0.3, 0.4) is 0 Å². The van der Waals surface area contributed by atoms with Crippen LogP contribution in [0, 0.1) is 22.7 Å². The summed E-state index contributed by atoms with van der Waals surface area (Å²) in [6.45, 7) is 10.6. The molecule has 27 heavy (non-hydrogen) atoms. The van der Waals surface area contributed by atoms with Crippen molar-refractivity contribution in [3.8, 4) is 0 Å². The molecule has 1 saturated carbocycles. The number of aliphatic hydroxyl groups excluding tert-OH is 1. The molecule has 1 fully saturated rings. The van der Waals surface area contributed by atoms with Crippen molar-refractivity contribution in [1.82, 2.24) is 0 Å². The van der Waals surface area contributed by atoms with Gasteiger partial charge in [0.2, 0.25) is 6.29 Å². The van der Waals surface area contributed by atoms with E-state index in [0.717, 1.165) is 12.8 Å². The Bertz CT molecular complexity index is 689. The summed E-state index contributed by atoms with van der Waals surface area (Å²) < 4.78 is 10.4. The topological polar surface area (TPSA) is 72.8 Å². The molecule has 0 saturated heterocycles. The van der Waals surface area contributed by atoms with Crippen molar-refractivity contribution in [3.63, 3.8) is 0 Å². The summed E-state index contributed by atoms with van der Waals surface area (Å²) in [5, 5.41) is 9.65. The number of allylic oxidation sites excluding steroid dienone is 2. The number of carbonyl (C=O) groups is 2. The molecule has 2 aliphatic carbocycles. The molecule has 0 aromatic carbocycles. The normalized spacial score (nSPS) is 36.2. The highest BCUT2D eigenvalue weighted by atomic mass is 16.6. The third-order valence-corrected chi connectivity index (χ3v) is 7.19. The fourth-order valence-electron chi connectivity index (χ4n) is 5.92. The summed E-state index contributed by atoms with van der Waals surface area (Å²) in [7, 11) is 0. The van der Waals surface area contributed by atoms with Gasteiger partial charge in [0.05, 0.1) is 5.57 Å². The van der Waals surface area contributed by atoms with Crippen molar-refractivity contribution >= 4 is 11.9 Å². The highest BCUT2D eigenvalue weighted by molar-refractivity contribution is 5.92. The van der Waals surface area contributed by atoms with Gasteiger partial charge in [0.15, 0.2) is 0 Å². The van der Waals surface area contributed by atoms with Crippen molar-refractivity contribution in [2.24, 2.45) is 22.7 Å². The summed E-state index contributed by atoms with van der Waals surface area (Å²) in [5.74, 6) is -0.262. The Hall–Kier alpha value is -1.62. The summed E-state index contributed by atoms with van der Waals surface area (Å²) in [4.78, 5) is 23.8. The molecule has 0 amide bonds. The number of hydrogen-bond donors (Lipinski definition) is 1. The first-order valence-electron chi connectivity index (χ1n) is 9.99. The second-order valence-electron chi connectivity index (χ2n) is 9.39. The number of carbonyl (C=O) groups excluding carboxylic acids is 2. The average molecular weight is 376 g/mol. The lowest BCUT2D eigenvalue weighted by Crippen LogP contribution is -2.49. The first-order chi connectivity index (χ1) is 12.5. The predicted octanol–water partition coefficient (Wildman–Crippen LogP) is 3.91. The van der Waals surface area contributed by atoms with Gasteiger partial charge in [0.1, 0.15) is 6.10 Å². The van der Waals surface area contributed by atoms with Crippen LogP contribution in [0.25, 0.3) is 0 Å². The van der Waals surface area contributed by atoms with Crippen molar-refractivity contribution in [1.29, 1.82) is 0 Å². The Balaban J connectivity index is 1.93. The Morgan fingerprint density at radius 3 is 2.67 bits per heavy atom. The Labute approximate surface area is 161 Å². The zero-order chi connectivity index (χ0) is 20.0. The molecule has 0 spiro atoms. The van der Waals surface area contributed by atoms with Gasteiger partial charge in [-0.2, -0.15) is 0 Å². The van der Waals surface area contributed by atoms with E-state index >= 15 is 0 Å². The van der Waals surface area contributed by atoms with Crippen molar-refractivity contribution in [2.75, 3.05) is 0 Å². The number of hydrogen-bond acceptors (Lipinski definition) is 5. The first kappa shape index (κ1) is 20.1. The lowest BCUT2D eigenvalue weighted by Gasteiger charge is -2.57. The van der Waals surface area contributed by atoms with E-state index in [1.165, 1.54) is 31.4 Å². The molecule has 5 atom stereocenters. The van der Waals surface area contributed by atoms with Crippen LogP contribution in [0.4, 0.5) is 0 Å². The number of cyclic esters (lactones) is 1. The highest BCUT2D eigenvalue weighted by Gasteiger charge is 2.52. The quantitative estimate of drug-likeness (QED) is 0.595. The van der Waals surface area contributed by atoms with Crippen LogP contribution < -0.4 is 0 Å².